The van der Waals surface area contributed by atoms with Gasteiger partial charge in [0.1, 0.15) is 0 Å². The van der Waals surface area contributed by atoms with Crippen molar-refractivity contribution in [2.45, 2.75) is 6.92 Å². The molecular formula is C10H14N2O. The molecule has 3 nitrogen and oxygen atoms in total. The Morgan fingerprint density at radius 2 is 2.08 bits per heavy atom. The van der Waals surface area contributed by atoms with Crippen LogP contribution >= 0.6 is 0 Å². The van der Waals surface area contributed by atoms with Gasteiger partial charge in [0.05, 0.1) is 0 Å². The van der Waals surface area contributed by atoms with Crippen molar-refractivity contribution in [1.29, 1.82) is 0 Å². The quantitative estimate of drug-likeness (QED) is 0.731. The first-order chi connectivity index (χ1) is 6.24. The fourth-order valence-electron chi connectivity index (χ4n) is 0.894. The lowest BCUT2D eigenvalue weighted by atomic mass is 10.1. The maximum atomic E-state index is 11.4. The normalized spacial score (nSPS) is 12.2. The zero-order chi connectivity index (χ0) is 9.68. The van der Waals surface area contributed by atoms with Crippen LogP contribution in [0.5, 0.6) is 0 Å². The lowest BCUT2D eigenvalue weighted by Crippen LogP contribution is -2.26. The molecule has 13 heavy (non-hydrogen) atoms. The SMILES string of the molecule is C[C@@H](CN)C(=O)Nc1ccccc1. The van der Waals surface area contributed by atoms with Crippen LogP contribution < -0.4 is 11.1 Å². The molecule has 1 aromatic carbocycles. The van der Waals surface area contributed by atoms with Gasteiger partial charge in [-0.3, -0.25) is 4.79 Å². The van der Waals surface area contributed by atoms with Gasteiger partial charge < -0.3 is 11.1 Å². The molecule has 1 amide bonds. The average molecular weight is 178 g/mol. The first-order valence-corrected chi connectivity index (χ1v) is 4.30. The van der Waals surface area contributed by atoms with Gasteiger partial charge in [0.15, 0.2) is 0 Å². The second-order valence-electron chi connectivity index (χ2n) is 2.99. The number of para-hydroxylation sites is 1. The van der Waals surface area contributed by atoms with Crippen LogP contribution in [-0.2, 0) is 4.79 Å². The molecule has 0 aliphatic carbocycles. The topological polar surface area (TPSA) is 55.1 Å². The van der Waals surface area contributed by atoms with Gasteiger partial charge in [0, 0.05) is 18.2 Å². The summed E-state index contributed by atoms with van der Waals surface area (Å²) in [5.41, 5.74) is 6.18. The van der Waals surface area contributed by atoms with Crippen LogP contribution in [0.1, 0.15) is 6.92 Å². The van der Waals surface area contributed by atoms with E-state index in [4.69, 9.17) is 5.73 Å². The number of carbonyl (C=O) groups is 1. The molecule has 0 spiro atoms. The van der Waals surface area contributed by atoms with E-state index >= 15 is 0 Å². The van der Waals surface area contributed by atoms with Gasteiger partial charge in [-0.2, -0.15) is 0 Å². The Kier molecular flexibility index (Phi) is 3.46. The summed E-state index contributed by atoms with van der Waals surface area (Å²) in [4.78, 5) is 11.4. The number of benzene rings is 1. The van der Waals surface area contributed by atoms with Gasteiger partial charge in [-0.25, -0.2) is 0 Å². The van der Waals surface area contributed by atoms with Gasteiger partial charge in [0.25, 0.3) is 0 Å². The summed E-state index contributed by atoms with van der Waals surface area (Å²) in [7, 11) is 0. The maximum absolute atomic E-state index is 11.4. The van der Waals surface area contributed by atoms with Crippen molar-refractivity contribution in [1.82, 2.24) is 0 Å². The molecule has 0 saturated heterocycles. The van der Waals surface area contributed by atoms with Crippen molar-refractivity contribution < 1.29 is 4.79 Å². The van der Waals surface area contributed by atoms with E-state index < -0.39 is 0 Å². The highest BCUT2D eigenvalue weighted by Gasteiger charge is 2.09. The highest BCUT2D eigenvalue weighted by atomic mass is 16.1. The van der Waals surface area contributed by atoms with E-state index in [-0.39, 0.29) is 11.8 Å². The molecule has 3 N–H and O–H groups in total. The molecule has 1 atom stereocenters. The minimum absolute atomic E-state index is 0.0336. The van der Waals surface area contributed by atoms with Gasteiger partial charge in [-0.1, -0.05) is 25.1 Å². The van der Waals surface area contributed by atoms with E-state index in [0.717, 1.165) is 5.69 Å². The molecule has 0 aliphatic rings. The first kappa shape index (κ1) is 9.74. The lowest BCUT2D eigenvalue weighted by Gasteiger charge is -2.09. The monoisotopic (exact) mass is 178 g/mol. The molecule has 0 aliphatic heterocycles. The fourth-order valence-corrected chi connectivity index (χ4v) is 0.894. The summed E-state index contributed by atoms with van der Waals surface area (Å²) in [5.74, 6) is -0.172. The molecule has 3 heteroatoms. The molecule has 0 bridgehead atoms. The minimum atomic E-state index is -0.139. The number of anilines is 1. The van der Waals surface area contributed by atoms with Crippen molar-refractivity contribution >= 4 is 11.6 Å². The van der Waals surface area contributed by atoms with Crippen molar-refractivity contribution in [3.63, 3.8) is 0 Å². The summed E-state index contributed by atoms with van der Waals surface area (Å²) in [6.45, 7) is 2.18. The Bertz CT molecular complexity index is 272. The van der Waals surface area contributed by atoms with Crippen LogP contribution in [0.3, 0.4) is 0 Å². The van der Waals surface area contributed by atoms with E-state index in [1.54, 1.807) is 6.92 Å². The number of carbonyl (C=O) groups excluding carboxylic acids is 1. The van der Waals surface area contributed by atoms with Crippen LogP contribution in [0.25, 0.3) is 0 Å². The molecule has 0 heterocycles. The summed E-state index contributed by atoms with van der Waals surface area (Å²) in [5, 5.41) is 2.77. The van der Waals surface area contributed by atoms with E-state index in [0.29, 0.717) is 6.54 Å². The number of hydrogen-bond acceptors (Lipinski definition) is 2. The molecule has 0 unspecified atom stereocenters. The van der Waals surface area contributed by atoms with Crippen molar-refractivity contribution in [3.8, 4) is 0 Å². The lowest BCUT2D eigenvalue weighted by molar-refractivity contribution is -0.119. The van der Waals surface area contributed by atoms with E-state index in [1.165, 1.54) is 0 Å². The third-order valence-corrected chi connectivity index (χ3v) is 1.84. The van der Waals surface area contributed by atoms with Crippen LogP contribution in [-0.4, -0.2) is 12.5 Å². The fraction of sp³-hybridized carbons (Fsp3) is 0.300. The Balaban J connectivity index is 2.55. The van der Waals surface area contributed by atoms with Gasteiger partial charge >= 0.3 is 0 Å². The maximum Gasteiger partial charge on any atom is 0.228 e. The number of rotatable bonds is 3. The average Bonchev–Trinajstić information content (AvgIpc) is 2.18. The van der Waals surface area contributed by atoms with Crippen LogP contribution in [0.4, 0.5) is 5.69 Å². The predicted octanol–water partition coefficient (Wildman–Crippen LogP) is 1.22. The molecule has 0 aromatic heterocycles. The van der Waals surface area contributed by atoms with Crippen LogP contribution in [0.15, 0.2) is 30.3 Å². The zero-order valence-corrected chi connectivity index (χ0v) is 7.66. The first-order valence-electron chi connectivity index (χ1n) is 4.30. The number of hydrogen-bond donors (Lipinski definition) is 2. The standard InChI is InChI=1S/C10H14N2O/c1-8(7-11)10(13)12-9-5-3-2-4-6-9/h2-6,8H,7,11H2,1H3,(H,12,13)/t8-/m0/s1. The Morgan fingerprint density at radius 3 is 2.62 bits per heavy atom. The smallest absolute Gasteiger partial charge is 0.228 e. The molecule has 1 aromatic rings. The minimum Gasteiger partial charge on any atom is -0.330 e. The van der Waals surface area contributed by atoms with E-state index in [9.17, 15) is 4.79 Å². The predicted molar refractivity (Wildman–Crippen MR) is 53.3 cm³/mol. The summed E-state index contributed by atoms with van der Waals surface area (Å²) in [6, 6.07) is 9.36. The number of amides is 1. The van der Waals surface area contributed by atoms with E-state index in [2.05, 4.69) is 5.32 Å². The number of nitrogens with one attached hydrogen (secondary N) is 1. The summed E-state index contributed by atoms with van der Waals surface area (Å²) >= 11 is 0. The van der Waals surface area contributed by atoms with Gasteiger partial charge in [0.2, 0.25) is 5.91 Å². The number of nitrogens with two attached hydrogens (primary N) is 1. The van der Waals surface area contributed by atoms with Gasteiger partial charge in [-0.05, 0) is 12.1 Å². The van der Waals surface area contributed by atoms with Crippen molar-refractivity contribution in [3.05, 3.63) is 30.3 Å². The Morgan fingerprint density at radius 1 is 1.46 bits per heavy atom. The Hall–Kier alpha value is -1.35. The molecule has 1 rings (SSSR count). The van der Waals surface area contributed by atoms with E-state index in [1.807, 2.05) is 30.3 Å². The van der Waals surface area contributed by atoms with Crippen molar-refractivity contribution in [2.75, 3.05) is 11.9 Å². The molecular weight excluding hydrogens is 164 g/mol. The molecule has 70 valence electrons. The second kappa shape index (κ2) is 4.62. The molecule has 0 saturated carbocycles. The largest absolute Gasteiger partial charge is 0.330 e. The van der Waals surface area contributed by atoms with Gasteiger partial charge in [-0.15, -0.1) is 0 Å². The third kappa shape index (κ3) is 2.87. The van der Waals surface area contributed by atoms with Crippen LogP contribution in [0.2, 0.25) is 0 Å². The highest BCUT2D eigenvalue weighted by molar-refractivity contribution is 5.92. The third-order valence-electron chi connectivity index (χ3n) is 1.84. The molecule has 0 fully saturated rings. The Labute approximate surface area is 77.9 Å². The summed E-state index contributed by atoms with van der Waals surface area (Å²) < 4.78 is 0. The van der Waals surface area contributed by atoms with Crippen molar-refractivity contribution in [2.24, 2.45) is 11.7 Å². The highest BCUT2D eigenvalue weighted by Crippen LogP contribution is 2.06. The summed E-state index contributed by atoms with van der Waals surface area (Å²) in [6.07, 6.45) is 0. The second-order valence-corrected chi connectivity index (χ2v) is 2.99. The molecule has 0 radical (unpaired) electrons. The zero-order valence-electron chi connectivity index (χ0n) is 7.66. The van der Waals surface area contributed by atoms with Crippen LogP contribution in [0, 0.1) is 5.92 Å².